The summed E-state index contributed by atoms with van der Waals surface area (Å²) in [4.78, 5) is 25.9. The van der Waals surface area contributed by atoms with Gasteiger partial charge in [0.25, 0.3) is 0 Å². The molecule has 3 heterocycles. The topological polar surface area (TPSA) is 163 Å². The van der Waals surface area contributed by atoms with E-state index in [9.17, 15) is 9.90 Å². The predicted octanol–water partition coefficient (Wildman–Crippen LogP) is 5.39. The van der Waals surface area contributed by atoms with Crippen molar-refractivity contribution in [1.29, 1.82) is 5.26 Å². The van der Waals surface area contributed by atoms with E-state index in [2.05, 4.69) is 20.3 Å². The van der Waals surface area contributed by atoms with E-state index >= 15 is 0 Å². The summed E-state index contributed by atoms with van der Waals surface area (Å²) in [6, 6.07) is 27.3. The van der Waals surface area contributed by atoms with Gasteiger partial charge in [-0.25, -0.2) is 4.98 Å². The second kappa shape index (κ2) is 15.6. The van der Waals surface area contributed by atoms with Crippen LogP contribution in [0, 0.1) is 17.2 Å². The number of aliphatic hydroxyl groups is 1. The zero-order valence-corrected chi connectivity index (χ0v) is 28.9. The molecule has 1 amide bonds. The number of nitrogens with zero attached hydrogens (tertiary/aromatic N) is 5. The van der Waals surface area contributed by atoms with Crippen molar-refractivity contribution >= 4 is 23.0 Å². The number of benzene rings is 3. The van der Waals surface area contributed by atoms with Gasteiger partial charge in [0, 0.05) is 12.3 Å². The van der Waals surface area contributed by atoms with Crippen LogP contribution >= 0.6 is 0 Å². The molecule has 0 saturated carbocycles. The number of nitriles is 1. The van der Waals surface area contributed by atoms with Gasteiger partial charge in [-0.15, -0.1) is 0 Å². The molecule has 13 nitrogen and oxygen atoms in total. The Kier molecular flexibility index (Phi) is 10.8. The van der Waals surface area contributed by atoms with Crippen LogP contribution in [-0.2, 0) is 19.9 Å². The van der Waals surface area contributed by atoms with Gasteiger partial charge in [-0.3, -0.25) is 14.7 Å². The lowest BCUT2D eigenvalue weighted by atomic mass is 9.80. The molecular weight excluding hydrogens is 652 g/mol. The first-order valence-corrected chi connectivity index (χ1v) is 16.6. The van der Waals surface area contributed by atoms with Crippen LogP contribution < -0.4 is 19.5 Å². The van der Waals surface area contributed by atoms with Crippen molar-refractivity contribution in [2.24, 2.45) is 5.92 Å². The Balaban J connectivity index is 1.33. The van der Waals surface area contributed by atoms with Crippen molar-refractivity contribution in [3.8, 4) is 23.4 Å². The zero-order valence-electron chi connectivity index (χ0n) is 28.9. The maximum Gasteiger partial charge on any atom is 0.247 e. The van der Waals surface area contributed by atoms with E-state index in [1.165, 1.54) is 6.33 Å². The number of amides is 1. The van der Waals surface area contributed by atoms with Crippen molar-refractivity contribution < 1.29 is 33.6 Å². The third-order valence-corrected chi connectivity index (χ3v) is 8.75. The lowest BCUT2D eigenvalue weighted by Gasteiger charge is -2.37. The molecule has 1 fully saturated rings. The number of carbonyl (C=O) groups excluding carboxylic acids is 1. The molecule has 51 heavy (non-hydrogen) atoms. The number of ether oxygens (including phenoxy) is 5. The second-order valence-corrected chi connectivity index (χ2v) is 12.3. The van der Waals surface area contributed by atoms with E-state index in [1.54, 1.807) is 32.6 Å². The van der Waals surface area contributed by atoms with Crippen LogP contribution in [0.2, 0.25) is 0 Å². The smallest absolute Gasteiger partial charge is 0.247 e. The summed E-state index contributed by atoms with van der Waals surface area (Å²) in [6.45, 7) is 3.61. The van der Waals surface area contributed by atoms with Gasteiger partial charge in [-0.05, 0) is 41.0 Å². The number of anilines is 1. The van der Waals surface area contributed by atoms with E-state index in [-0.39, 0.29) is 49.7 Å². The van der Waals surface area contributed by atoms with Crippen molar-refractivity contribution in [2.75, 3.05) is 32.8 Å². The van der Waals surface area contributed by atoms with Gasteiger partial charge in [0.15, 0.2) is 11.2 Å². The maximum absolute atomic E-state index is 12.5. The van der Waals surface area contributed by atoms with Gasteiger partial charge in [-0.2, -0.15) is 15.2 Å². The van der Waals surface area contributed by atoms with Gasteiger partial charge >= 0.3 is 0 Å². The predicted molar refractivity (Wildman–Crippen MR) is 187 cm³/mol. The Morgan fingerprint density at radius 2 is 1.63 bits per heavy atom. The van der Waals surface area contributed by atoms with Gasteiger partial charge in [0.1, 0.15) is 36.0 Å². The molecule has 5 aromatic rings. The molecule has 1 aliphatic rings. The first-order valence-electron chi connectivity index (χ1n) is 16.6. The van der Waals surface area contributed by atoms with Crippen molar-refractivity contribution in [2.45, 2.75) is 50.7 Å². The minimum atomic E-state index is -1.10. The number of methoxy groups -OCH3 is 2. The summed E-state index contributed by atoms with van der Waals surface area (Å²) in [5, 5.41) is 23.1. The molecule has 13 heteroatoms. The third kappa shape index (κ3) is 7.34. The fourth-order valence-electron chi connectivity index (χ4n) is 6.02. The molecule has 3 atom stereocenters. The second-order valence-electron chi connectivity index (χ2n) is 12.3. The van der Waals surface area contributed by atoms with E-state index in [1.807, 2.05) is 84.9 Å². The average molecular weight is 693 g/mol. The van der Waals surface area contributed by atoms with Gasteiger partial charge in [-0.1, -0.05) is 68.4 Å². The summed E-state index contributed by atoms with van der Waals surface area (Å²) in [6.07, 6.45) is -0.431. The highest BCUT2D eigenvalue weighted by Crippen LogP contribution is 2.43. The Morgan fingerprint density at radius 1 is 1.00 bits per heavy atom. The summed E-state index contributed by atoms with van der Waals surface area (Å²) in [7, 11) is 3.24. The normalized spacial score (nSPS) is 17.3. The third-order valence-electron chi connectivity index (χ3n) is 8.75. The molecule has 0 aliphatic carbocycles. The quantitative estimate of drug-likeness (QED) is 0.113. The van der Waals surface area contributed by atoms with Crippen molar-refractivity contribution in [3.63, 3.8) is 0 Å². The Hall–Kier alpha value is -5.55. The van der Waals surface area contributed by atoms with Gasteiger partial charge in [0.05, 0.1) is 45.7 Å². The highest BCUT2D eigenvalue weighted by Gasteiger charge is 2.42. The van der Waals surface area contributed by atoms with Crippen LogP contribution in [0.1, 0.15) is 49.6 Å². The van der Waals surface area contributed by atoms with Crippen molar-refractivity contribution in [3.05, 3.63) is 102 Å². The van der Waals surface area contributed by atoms with Crippen LogP contribution in [0.25, 0.3) is 11.2 Å². The molecule has 0 bridgehead atoms. The Morgan fingerprint density at radius 3 is 2.22 bits per heavy atom. The number of nitrogens with one attached hydrogen (secondary N) is 1. The number of aromatic nitrogens is 4. The van der Waals surface area contributed by atoms with Crippen LogP contribution in [0.15, 0.2) is 85.2 Å². The lowest BCUT2D eigenvalue weighted by Crippen LogP contribution is -2.38. The van der Waals surface area contributed by atoms with Gasteiger partial charge < -0.3 is 28.8 Å². The molecule has 1 saturated heterocycles. The fourth-order valence-corrected chi connectivity index (χ4v) is 6.02. The van der Waals surface area contributed by atoms with E-state index in [4.69, 9.17) is 28.9 Å². The first kappa shape index (κ1) is 35.3. The van der Waals surface area contributed by atoms with Crippen LogP contribution in [0.4, 0.5) is 5.95 Å². The van der Waals surface area contributed by atoms with E-state index in [0.29, 0.717) is 22.7 Å². The number of imidazole rings is 1. The number of hydrogen-bond donors (Lipinski definition) is 2. The molecule has 1 aliphatic heterocycles. The molecule has 0 radical (unpaired) electrons. The maximum atomic E-state index is 12.5. The zero-order chi connectivity index (χ0) is 36.0. The standard InChI is InChI=1S/C38H40N6O7/c1-24(2)35(46)42-37-41-34-33(36(43-37)49-20-8-19-39)40-23-44(34)32-21-30(45)31(51-32)22-50-38(25-9-6-5-7-10-25,26-11-15-28(47-3)16-12-26)27-13-17-29(48-4)18-14-27/h5-7,9-18,23-24,30-32,45H,8,20-22H2,1-4H3,(H,41,42,43,46)/t30-,31+,32+/m0/s1. The van der Waals surface area contributed by atoms with Crippen molar-refractivity contribution in [1.82, 2.24) is 19.5 Å². The number of carbonyl (C=O) groups is 1. The summed E-state index contributed by atoms with van der Waals surface area (Å²) in [5.41, 5.74) is 2.14. The molecule has 2 N–H and O–H groups in total. The SMILES string of the molecule is COc1ccc(C(OC[C@H]2O[C@@H](n3cnc4c(OCCC#N)nc(NC(=O)C(C)C)nc43)C[C@@H]2O)(c2ccccc2)c2ccc(OC)cc2)cc1. The molecule has 6 rings (SSSR count). The van der Waals surface area contributed by atoms with E-state index < -0.39 is 24.0 Å². The monoisotopic (exact) mass is 692 g/mol. The molecule has 3 aromatic carbocycles. The summed E-state index contributed by atoms with van der Waals surface area (Å²) >= 11 is 0. The number of fused-ring (bicyclic) bond motifs is 1. The van der Waals surface area contributed by atoms with Crippen LogP contribution in [-0.4, -0.2) is 70.2 Å². The Bertz CT molecular complexity index is 1930. The highest BCUT2D eigenvalue weighted by molar-refractivity contribution is 5.91. The molecule has 0 spiro atoms. The Labute approximate surface area is 295 Å². The first-order chi connectivity index (χ1) is 24.8. The largest absolute Gasteiger partial charge is 0.497 e. The summed E-state index contributed by atoms with van der Waals surface area (Å²) < 4.78 is 31.8. The van der Waals surface area contributed by atoms with Crippen LogP contribution in [0.5, 0.6) is 17.4 Å². The highest BCUT2D eigenvalue weighted by atomic mass is 16.6. The average Bonchev–Trinajstić information content (AvgIpc) is 3.75. The lowest BCUT2D eigenvalue weighted by molar-refractivity contribution is -0.118. The number of hydrogen-bond acceptors (Lipinski definition) is 11. The number of aliphatic hydroxyl groups excluding tert-OH is 1. The molecule has 2 aromatic heterocycles. The molecular formula is C38H40N6O7. The van der Waals surface area contributed by atoms with E-state index in [0.717, 1.165) is 16.7 Å². The molecule has 264 valence electrons. The minimum absolute atomic E-state index is 0.0183. The van der Waals surface area contributed by atoms with Crippen LogP contribution in [0.3, 0.4) is 0 Å². The number of rotatable bonds is 14. The summed E-state index contributed by atoms with van der Waals surface area (Å²) in [5.74, 6) is 0.969. The van der Waals surface area contributed by atoms with Gasteiger partial charge in [0.2, 0.25) is 17.7 Å². The minimum Gasteiger partial charge on any atom is -0.497 e. The molecule has 0 unspecified atom stereocenters. The fraction of sp³-hybridized carbons (Fsp3) is 0.342.